The number of rotatable bonds is 5. The Kier molecular flexibility index (Phi) is 5.42. The van der Waals surface area contributed by atoms with Crippen LogP contribution in [0.3, 0.4) is 0 Å². The monoisotopic (exact) mass is 326 g/mol. The van der Waals surface area contributed by atoms with Crippen LogP contribution in [0.1, 0.15) is 52.1 Å². The van der Waals surface area contributed by atoms with Crippen molar-refractivity contribution in [2.24, 2.45) is 0 Å². The van der Waals surface area contributed by atoms with Crippen LogP contribution in [0.4, 0.5) is 5.69 Å². The van der Waals surface area contributed by atoms with Crippen LogP contribution in [0, 0.1) is 0 Å². The van der Waals surface area contributed by atoms with Gasteiger partial charge in [0.1, 0.15) is 11.4 Å². The van der Waals surface area contributed by atoms with Crippen LogP contribution in [-0.2, 0) is 4.74 Å². The van der Waals surface area contributed by atoms with Crippen molar-refractivity contribution in [3.8, 4) is 0 Å². The Labute approximate surface area is 139 Å². The summed E-state index contributed by atoms with van der Waals surface area (Å²) in [7, 11) is 0. The van der Waals surface area contributed by atoms with E-state index >= 15 is 0 Å². The number of hydrogen-bond donors (Lipinski definition) is 1. The molecule has 0 bridgehead atoms. The molecule has 1 aromatic heterocycles. The molecule has 6 heteroatoms. The van der Waals surface area contributed by atoms with Crippen LogP contribution in [0.2, 0.25) is 0 Å². The largest absolute Gasteiger partial charge is 0.458 e. The fourth-order valence-corrected chi connectivity index (χ4v) is 1.93. The average molecular weight is 326 g/mol. The Morgan fingerprint density at radius 3 is 2.21 bits per heavy atom. The van der Waals surface area contributed by atoms with Gasteiger partial charge in [0.25, 0.3) is 5.91 Å². The van der Waals surface area contributed by atoms with Gasteiger partial charge in [-0.3, -0.25) is 9.59 Å². The van der Waals surface area contributed by atoms with E-state index in [4.69, 9.17) is 4.74 Å². The molecule has 2 aromatic rings. The fourth-order valence-electron chi connectivity index (χ4n) is 1.93. The number of anilines is 1. The molecule has 0 saturated heterocycles. The van der Waals surface area contributed by atoms with Gasteiger partial charge < -0.3 is 10.1 Å². The van der Waals surface area contributed by atoms with Gasteiger partial charge in [-0.05, 0) is 57.2 Å². The van der Waals surface area contributed by atoms with E-state index in [1.807, 2.05) is 0 Å². The molecule has 6 nitrogen and oxygen atoms in total. The Bertz CT molecular complexity index is 767. The van der Waals surface area contributed by atoms with Gasteiger partial charge in [-0.25, -0.2) is 9.78 Å². The molecule has 0 unspecified atom stereocenters. The second-order valence-corrected chi connectivity index (χ2v) is 5.45. The molecule has 0 fully saturated rings. The maximum Gasteiger partial charge on any atom is 0.357 e. The number of ketones is 1. The van der Waals surface area contributed by atoms with E-state index in [-0.39, 0.29) is 23.3 Å². The fraction of sp³-hybridized carbons (Fsp3) is 0.222. The third-order valence-corrected chi connectivity index (χ3v) is 3.08. The number of ether oxygens (including phenoxy) is 1. The molecule has 0 saturated carbocycles. The Balaban J connectivity index is 2.12. The van der Waals surface area contributed by atoms with Crippen LogP contribution >= 0.6 is 0 Å². The molecule has 0 spiro atoms. The number of aromatic nitrogens is 1. The van der Waals surface area contributed by atoms with Crippen molar-refractivity contribution < 1.29 is 19.1 Å². The number of amides is 1. The van der Waals surface area contributed by atoms with Gasteiger partial charge in [-0.1, -0.05) is 6.07 Å². The van der Waals surface area contributed by atoms with Gasteiger partial charge >= 0.3 is 5.97 Å². The minimum atomic E-state index is -0.578. The molecule has 0 aliphatic rings. The van der Waals surface area contributed by atoms with Crippen molar-refractivity contribution in [2.75, 3.05) is 5.32 Å². The molecule has 24 heavy (non-hydrogen) atoms. The van der Waals surface area contributed by atoms with E-state index in [9.17, 15) is 14.4 Å². The highest BCUT2D eigenvalue weighted by Crippen LogP contribution is 2.12. The molecule has 1 aromatic carbocycles. The van der Waals surface area contributed by atoms with Crippen LogP contribution in [-0.4, -0.2) is 28.7 Å². The number of esters is 1. The zero-order valence-electron chi connectivity index (χ0n) is 13.7. The molecule has 0 aliphatic carbocycles. The lowest BCUT2D eigenvalue weighted by Crippen LogP contribution is -2.17. The minimum Gasteiger partial charge on any atom is -0.458 e. The third kappa shape index (κ3) is 4.49. The number of nitrogens with zero attached hydrogens (tertiary/aromatic N) is 1. The highest BCUT2D eigenvalue weighted by molar-refractivity contribution is 6.04. The van der Waals surface area contributed by atoms with Crippen molar-refractivity contribution in [1.82, 2.24) is 4.98 Å². The topological polar surface area (TPSA) is 85.4 Å². The Morgan fingerprint density at radius 2 is 1.62 bits per heavy atom. The van der Waals surface area contributed by atoms with Gasteiger partial charge in [0.15, 0.2) is 5.78 Å². The molecular weight excluding hydrogens is 308 g/mol. The van der Waals surface area contributed by atoms with Gasteiger partial charge in [0.05, 0.1) is 6.10 Å². The standard InChI is InChI=1S/C18H18N2O4/c1-11(2)24-18(23)16-6-4-5-15(20-16)17(22)19-14-9-7-13(8-10-14)12(3)21/h4-11H,1-3H3,(H,19,22). The van der Waals surface area contributed by atoms with E-state index in [0.29, 0.717) is 11.3 Å². The third-order valence-electron chi connectivity index (χ3n) is 3.08. The lowest BCUT2D eigenvalue weighted by molar-refractivity contribution is 0.0370. The lowest BCUT2D eigenvalue weighted by atomic mass is 10.1. The molecule has 2 rings (SSSR count). The van der Waals surface area contributed by atoms with E-state index in [1.165, 1.54) is 19.1 Å². The van der Waals surface area contributed by atoms with Crippen molar-refractivity contribution in [1.29, 1.82) is 0 Å². The van der Waals surface area contributed by atoms with Crippen LogP contribution in [0.25, 0.3) is 0 Å². The van der Waals surface area contributed by atoms with E-state index in [2.05, 4.69) is 10.3 Å². The maximum absolute atomic E-state index is 12.2. The predicted molar refractivity (Wildman–Crippen MR) is 89.2 cm³/mol. The van der Waals surface area contributed by atoms with Crippen molar-refractivity contribution in [3.05, 3.63) is 59.4 Å². The van der Waals surface area contributed by atoms with Crippen molar-refractivity contribution in [3.63, 3.8) is 0 Å². The van der Waals surface area contributed by atoms with E-state index in [0.717, 1.165) is 0 Å². The van der Waals surface area contributed by atoms with Crippen LogP contribution in [0.15, 0.2) is 42.5 Å². The first-order chi connectivity index (χ1) is 11.4. The summed E-state index contributed by atoms with van der Waals surface area (Å²) in [5, 5.41) is 2.67. The SMILES string of the molecule is CC(=O)c1ccc(NC(=O)c2cccc(C(=O)OC(C)C)n2)cc1. The second-order valence-electron chi connectivity index (χ2n) is 5.45. The molecule has 1 N–H and O–H groups in total. The average Bonchev–Trinajstić information content (AvgIpc) is 2.54. The number of carbonyl (C=O) groups is 3. The van der Waals surface area contributed by atoms with Crippen LogP contribution < -0.4 is 5.32 Å². The predicted octanol–water partition coefficient (Wildman–Crippen LogP) is 3.10. The number of hydrogen-bond acceptors (Lipinski definition) is 5. The summed E-state index contributed by atoms with van der Waals surface area (Å²) in [5.41, 5.74) is 1.26. The summed E-state index contributed by atoms with van der Waals surface area (Å²) in [6.07, 6.45) is -0.267. The minimum absolute atomic E-state index is 0.0501. The number of nitrogens with one attached hydrogen (secondary N) is 1. The molecule has 0 aliphatic heterocycles. The first kappa shape index (κ1) is 17.3. The molecule has 124 valence electrons. The summed E-state index contributed by atoms with van der Waals surface area (Å²) in [6, 6.07) is 11.1. The van der Waals surface area contributed by atoms with E-state index < -0.39 is 11.9 Å². The summed E-state index contributed by atoms with van der Waals surface area (Å²) in [4.78, 5) is 39.3. The van der Waals surface area contributed by atoms with Crippen molar-refractivity contribution >= 4 is 23.3 Å². The first-order valence-electron chi connectivity index (χ1n) is 7.47. The molecule has 0 atom stereocenters. The first-order valence-corrected chi connectivity index (χ1v) is 7.47. The lowest BCUT2D eigenvalue weighted by Gasteiger charge is -2.09. The Hall–Kier alpha value is -3.02. The maximum atomic E-state index is 12.2. The highest BCUT2D eigenvalue weighted by atomic mass is 16.5. The summed E-state index contributed by atoms with van der Waals surface area (Å²) >= 11 is 0. The quantitative estimate of drug-likeness (QED) is 0.674. The zero-order chi connectivity index (χ0) is 17.7. The Morgan fingerprint density at radius 1 is 1.00 bits per heavy atom. The van der Waals surface area contributed by atoms with Gasteiger partial charge in [0, 0.05) is 11.3 Å². The normalized spacial score (nSPS) is 10.3. The number of carbonyl (C=O) groups excluding carboxylic acids is 3. The highest BCUT2D eigenvalue weighted by Gasteiger charge is 2.14. The van der Waals surface area contributed by atoms with Crippen LogP contribution in [0.5, 0.6) is 0 Å². The number of benzene rings is 1. The molecule has 0 radical (unpaired) electrons. The van der Waals surface area contributed by atoms with E-state index in [1.54, 1.807) is 44.2 Å². The smallest absolute Gasteiger partial charge is 0.357 e. The zero-order valence-corrected chi connectivity index (χ0v) is 13.7. The van der Waals surface area contributed by atoms with Gasteiger partial charge in [0.2, 0.25) is 0 Å². The van der Waals surface area contributed by atoms with Crippen molar-refractivity contribution in [2.45, 2.75) is 26.9 Å². The van der Waals surface area contributed by atoms with Gasteiger partial charge in [-0.15, -0.1) is 0 Å². The summed E-state index contributed by atoms with van der Waals surface area (Å²) in [5.74, 6) is -1.08. The number of pyridine rings is 1. The molecular formula is C18H18N2O4. The van der Waals surface area contributed by atoms with Gasteiger partial charge in [-0.2, -0.15) is 0 Å². The molecule has 1 heterocycles. The second kappa shape index (κ2) is 7.50. The summed E-state index contributed by atoms with van der Waals surface area (Å²) in [6.45, 7) is 4.94. The number of Topliss-reactive ketones (excluding diaryl/α,β-unsaturated/α-hetero) is 1. The summed E-state index contributed by atoms with van der Waals surface area (Å²) < 4.78 is 5.06. The molecule has 1 amide bonds.